The van der Waals surface area contributed by atoms with Crippen LogP contribution in [0, 0.1) is 47.3 Å². The SMILES string of the molecule is CCCC(NC(C)(C=O)OC(C(=O)N(C)C(N)(C=O)CC(C)C)C(C)C)N(C)C(=O)C(CC(C)C)NC(C=O)(CC(C)C)N(C)C(=O)CN(C)C(=O)C(NC(=O)C(C(C)C(C)CCCc1cccc(N2CCOCC2)n1)N(C)C(=O)C(C(C)C)N(C)C(=O)CCC(C)C)C(C)O. The Morgan fingerprint density at radius 2 is 1.29 bits per heavy atom. The van der Waals surface area contributed by atoms with Gasteiger partial charge < -0.3 is 59.9 Å². The van der Waals surface area contributed by atoms with Crippen LogP contribution in [0.5, 0.6) is 0 Å². The highest BCUT2D eigenvalue weighted by atomic mass is 16.5. The Kier molecular flexibility index (Phi) is 35.5. The van der Waals surface area contributed by atoms with Crippen LogP contribution < -0.4 is 26.6 Å². The molecule has 1 aromatic heterocycles. The maximum atomic E-state index is 15.2. The number of carbonyl (C=O) groups excluding carboxylic acids is 10. The summed E-state index contributed by atoms with van der Waals surface area (Å²) in [5.74, 6) is -5.07. The minimum Gasteiger partial charge on any atom is -0.391 e. The lowest BCUT2D eigenvalue weighted by molar-refractivity contribution is -0.176. The van der Waals surface area contributed by atoms with E-state index in [1.165, 1.54) is 63.8 Å². The van der Waals surface area contributed by atoms with Crippen LogP contribution in [0.3, 0.4) is 0 Å². The molecular formula is C71H126N12O13. The van der Waals surface area contributed by atoms with Gasteiger partial charge in [-0.2, -0.15) is 0 Å². The molecule has 2 rings (SSSR count). The van der Waals surface area contributed by atoms with Crippen molar-refractivity contribution in [2.75, 3.05) is 80.0 Å². The summed E-state index contributed by atoms with van der Waals surface area (Å²) in [5, 5.41) is 20.6. The standard InChI is InChI=1S/C71H126N12O13/c1-24-27-57(76-69(17,42-84)96-63(50(12)13)68(94)82(23)70(72,43-85)39-47(6)7)78(19)65(91)55(38-46(4)5)75-71(44-86,40-48(8)9)81(22)59(89)41-77(18)66(92)60(53(16)87)74-64(90)62(80(21)67(93)61(49(10)11)79(20)58(88)33-32-45(2)3)52(15)51(14)28-25-29-54-30-26-31-56(73-54)83-34-36-95-37-35-83/h26,30-31,42-53,55,57,60-63,75-76,87H,24-25,27-29,32-41,72H2,1-23H3,(H,74,90). The number of anilines is 1. The van der Waals surface area contributed by atoms with Crippen molar-refractivity contribution in [1.82, 2.24) is 50.3 Å². The first-order valence-electron chi connectivity index (χ1n) is 34.9. The van der Waals surface area contributed by atoms with Gasteiger partial charge in [-0.1, -0.05) is 116 Å². The van der Waals surface area contributed by atoms with Gasteiger partial charge in [0.15, 0.2) is 30.2 Å². The van der Waals surface area contributed by atoms with Crippen molar-refractivity contribution in [3.63, 3.8) is 0 Å². The van der Waals surface area contributed by atoms with Crippen LogP contribution in [-0.4, -0.2) is 234 Å². The molecule has 25 nitrogen and oxygen atoms in total. The molecule has 6 N–H and O–H groups in total. The number of pyridine rings is 1. The largest absolute Gasteiger partial charge is 0.391 e. The number of nitrogens with two attached hydrogens (primary N) is 1. The van der Waals surface area contributed by atoms with E-state index in [2.05, 4.69) is 20.9 Å². The van der Waals surface area contributed by atoms with Crippen molar-refractivity contribution in [3.8, 4) is 0 Å². The number of rotatable bonds is 43. The zero-order valence-corrected chi connectivity index (χ0v) is 62.7. The predicted molar refractivity (Wildman–Crippen MR) is 373 cm³/mol. The molecule has 0 radical (unpaired) electrons. The molecule has 1 saturated heterocycles. The van der Waals surface area contributed by atoms with E-state index in [0.29, 0.717) is 70.6 Å². The Balaban J connectivity index is 2.60. The van der Waals surface area contributed by atoms with Crippen LogP contribution in [0.25, 0.3) is 0 Å². The molecule has 2 heterocycles. The number of aromatic nitrogens is 1. The summed E-state index contributed by atoms with van der Waals surface area (Å²) in [6.07, 6.45) is 1.88. The fourth-order valence-corrected chi connectivity index (χ4v) is 12.6. The fourth-order valence-electron chi connectivity index (χ4n) is 12.6. The molecule has 12 atom stereocenters. The number of ether oxygens (including phenoxy) is 2. The quantitative estimate of drug-likeness (QED) is 0.0399. The summed E-state index contributed by atoms with van der Waals surface area (Å²) < 4.78 is 11.9. The number of aliphatic hydroxyl groups is 1. The Hall–Kier alpha value is -5.99. The summed E-state index contributed by atoms with van der Waals surface area (Å²) in [4.78, 5) is 157. The second kappa shape index (κ2) is 39.6. The van der Waals surface area contributed by atoms with Gasteiger partial charge in [0, 0.05) is 67.5 Å². The van der Waals surface area contributed by atoms with Gasteiger partial charge in [-0.05, 0) is 125 Å². The maximum Gasteiger partial charge on any atom is 0.253 e. The third kappa shape index (κ3) is 24.8. The molecule has 0 bridgehead atoms. The highest BCUT2D eigenvalue weighted by molar-refractivity contribution is 5.96. The first kappa shape index (κ1) is 86.1. The van der Waals surface area contributed by atoms with Crippen molar-refractivity contribution in [2.45, 2.75) is 242 Å². The number of hydrogen-bond acceptors (Lipinski definition) is 18. The van der Waals surface area contributed by atoms with E-state index in [4.69, 9.17) is 20.2 Å². The number of nitrogens with zero attached hydrogens (tertiary/aromatic N) is 8. The summed E-state index contributed by atoms with van der Waals surface area (Å²) in [6, 6.07) is 1.03. The van der Waals surface area contributed by atoms with Crippen molar-refractivity contribution in [1.29, 1.82) is 0 Å². The lowest BCUT2D eigenvalue weighted by Gasteiger charge is -2.44. The minimum atomic E-state index is -1.87. The molecule has 0 aliphatic carbocycles. The van der Waals surface area contributed by atoms with Crippen LogP contribution in [0.1, 0.15) is 181 Å². The molecule has 0 saturated carbocycles. The third-order valence-electron chi connectivity index (χ3n) is 18.6. The van der Waals surface area contributed by atoms with Crippen molar-refractivity contribution in [2.24, 2.45) is 53.1 Å². The highest BCUT2D eigenvalue weighted by Gasteiger charge is 2.47. The number of morpholine rings is 1. The van der Waals surface area contributed by atoms with Crippen LogP contribution in [0.2, 0.25) is 0 Å². The molecule has 0 aromatic carbocycles. The van der Waals surface area contributed by atoms with E-state index in [0.717, 1.165) is 39.3 Å². The molecule has 25 heteroatoms. The average Bonchev–Trinajstić information content (AvgIpc) is 0.812. The van der Waals surface area contributed by atoms with Crippen LogP contribution in [0.4, 0.5) is 5.82 Å². The number of amides is 7. The Bertz CT molecular complexity index is 2670. The average molecular weight is 1360 g/mol. The van der Waals surface area contributed by atoms with Gasteiger partial charge in [-0.3, -0.25) is 58.6 Å². The monoisotopic (exact) mass is 1350 g/mol. The number of carbonyl (C=O) groups is 10. The van der Waals surface area contributed by atoms with Gasteiger partial charge in [0.1, 0.15) is 35.7 Å². The Labute approximate surface area is 575 Å². The first-order chi connectivity index (χ1) is 44.6. The third-order valence-corrected chi connectivity index (χ3v) is 18.6. The fraction of sp³-hybridized carbons (Fsp3) is 0.789. The molecule has 96 heavy (non-hydrogen) atoms. The minimum absolute atomic E-state index is 0.00919. The zero-order chi connectivity index (χ0) is 73.5. The topological polar surface area (TPSA) is 307 Å². The van der Waals surface area contributed by atoms with E-state index in [9.17, 15) is 43.5 Å². The highest BCUT2D eigenvalue weighted by Crippen LogP contribution is 2.30. The first-order valence-corrected chi connectivity index (χ1v) is 34.9. The molecule has 1 aromatic rings. The number of aryl methyl sites for hydroxylation is 1. The Morgan fingerprint density at radius 3 is 1.79 bits per heavy atom. The van der Waals surface area contributed by atoms with Gasteiger partial charge in [-0.15, -0.1) is 0 Å². The second-order valence-electron chi connectivity index (χ2n) is 29.7. The summed E-state index contributed by atoms with van der Waals surface area (Å²) in [7, 11) is 8.79. The van der Waals surface area contributed by atoms with Gasteiger partial charge in [-0.25, -0.2) is 4.98 Å². The Morgan fingerprint density at radius 1 is 0.688 bits per heavy atom. The molecule has 1 fully saturated rings. The molecule has 12 unspecified atom stereocenters. The van der Waals surface area contributed by atoms with Crippen molar-refractivity contribution < 1.29 is 62.5 Å². The van der Waals surface area contributed by atoms with Crippen LogP contribution in [-0.2, 0) is 63.8 Å². The molecule has 1 aliphatic heterocycles. The van der Waals surface area contributed by atoms with Crippen molar-refractivity contribution >= 4 is 66.0 Å². The van der Waals surface area contributed by atoms with E-state index in [-0.39, 0.29) is 67.1 Å². The van der Waals surface area contributed by atoms with E-state index in [1.807, 2.05) is 108 Å². The normalized spacial score (nSPS) is 17.6. The van der Waals surface area contributed by atoms with E-state index >= 15 is 9.59 Å². The lowest BCUT2D eigenvalue weighted by atomic mass is 9.83. The second-order valence-corrected chi connectivity index (χ2v) is 29.7. The number of aliphatic hydroxyl groups excluding tert-OH is 1. The van der Waals surface area contributed by atoms with E-state index in [1.54, 1.807) is 20.9 Å². The summed E-state index contributed by atoms with van der Waals surface area (Å²) in [6.45, 7) is 33.0. The predicted octanol–water partition coefficient (Wildman–Crippen LogP) is 5.48. The van der Waals surface area contributed by atoms with Gasteiger partial charge in [0.25, 0.3) is 5.91 Å². The molecule has 1 aliphatic rings. The smallest absolute Gasteiger partial charge is 0.253 e. The summed E-state index contributed by atoms with van der Waals surface area (Å²) >= 11 is 0. The maximum absolute atomic E-state index is 15.2. The van der Waals surface area contributed by atoms with Gasteiger partial charge >= 0.3 is 0 Å². The zero-order valence-electron chi connectivity index (χ0n) is 62.7. The number of nitrogens with one attached hydrogen (secondary N) is 3. The number of likely N-dealkylation sites (N-methyl/N-ethyl adjacent to an activating group) is 6. The van der Waals surface area contributed by atoms with Gasteiger partial charge in [0.2, 0.25) is 35.4 Å². The van der Waals surface area contributed by atoms with Crippen molar-refractivity contribution in [3.05, 3.63) is 23.9 Å². The van der Waals surface area contributed by atoms with E-state index < -0.39 is 113 Å². The van der Waals surface area contributed by atoms with Crippen LogP contribution in [0.15, 0.2) is 18.2 Å². The molecule has 548 valence electrons. The number of hydrogen-bond donors (Lipinski definition) is 5. The van der Waals surface area contributed by atoms with Gasteiger partial charge in [0.05, 0.1) is 38.1 Å². The molecule has 7 amide bonds. The summed E-state index contributed by atoms with van der Waals surface area (Å²) in [5.41, 5.74) is 2.00. The number of aldehydes is 3. The molecule has 0 spiro atoms. The lowest BCUT2D eigenvalue weighted by Crippen LogP contribution is -2.68. The van der Waals surface area contributed by atoms with Crippen LogP contribution >= 0.6 is 0 Å². The molecular weight excluding hydrogens is 1230 g/mol.